The molecule has 2 aromatic carbocycles. The molecule has 2 unspecified atom stereocenters. The summed E-state index contributed by atoms with van der Waals surface area (Å²) in [6.45, 7) is 0. The molecule has 0 saturated carbocycles. The molecule has 190 valence electrons. The molecule has 4 rings (SSSR count). The maximum atomic E-state index is 13.6. The van der Waals surface area contributed by atoms with Gasteiger partial charge in [0.05, 0.1) is 0 Å². The van der Waals surface area contributed by atoms with Crippen LogP contribution in [0.4, 0.5) is 13.2 Å². The van der Waals surface area contributed by atoms with Crippen molar-refractivity contribution in [1.29, 1.82) is 0 Å². The molecule has 0 aromatic heterocycles. The second-order valence-electron chi connectivity index (χ2n) is 8.09. The van der Waals surface area contributed by atoms with Gasteiger partial charge in [-0.15, -0.1) is 0 Å². The molecule has 8 nitrogen and oxygen atoms in total. The highest BCUT2D eigenvalue weighted by molar-refractivity contribution is 6.08. The number of rotatable bonds is 4. The molecule has 36 heavy (non-hydrogen) atoms. The van der Waals surface area contributed by atoms with Gasteiger partial charge in [-0.05, 0) is 34.9 Å². The number of phenols is 1. The Morgan fingerprint density at radius 3 is 2.31 bits per heavy atom. The zero-order valence-corrected chi connectivity index (χ0v) is 19.4. The fourth-order valence-corrected chi connectivity index (χ4v) is 4.19. The number of aliphatic imine (C=N–C) groups is 1. The first-order valence-corrected chi connectivity index (χ1v) is 10.6. The lowest BCUT2D eigenvalue weighted by Gasteiger charge is -2.44. The molecule has 0 saturated heterocycles. The van der Waals surface area contributed by atoms with Gasteiger partial charge in [-0.2, -0.15) is 13.2 Å². The van der Waals surface area contributed by atoms with E-state index in [2.05, 4.69) is 4.99 Å². The average molecular weight is 503 g/mol. The molecular weight excluding hydrogens is 479 g/mol. The average Bonchev–Trinajstić information content (AvgIpc) is 3.09. The quantitative estimate of drug-likeness (QED) is 0.587. The number of likely N-dealkylation sites (N-methyl/N-ethyl adjacent to an activating group) is 1. The Kier molecular flexibility index (Phi) is 7.25. The molecule has 1 amide bonds. The van der Waals surface area contributed by atoms with Crippen molar-refractivity contribution in [3.8, 4) is 5.75 Å². The number of hydrogen-bond donors (Lipinski definition) is 3. The predicted molar refractivity (Wildman–Crippen MR) is 126 cm³/mol. The van der Waals surface area contributed by atoms with Crippen LogP contribution < -0.4 is 5.73 Å². The van der Waals surface area contributed by atoms with Crippen molar-refractivity contribution in [3.05, 3.63) is 84.0 Å². The summed E-state index contributed by atoms with van der Waals surface area (Å²) in [7, 11) is 3.16. The maximum absolute atomic E-state index is 13.6. The van der Waals surface area contributed by atoms with Gasteiger partial charge in [0.2, 0.25) is 5.54 Å². The molecule has 0 bridgehead atoms. The lowest BCUT2D eigenvalue weighted by atomic mass is 9.68. The zero-order valence-electron chi connectivity index (χ0n) is 19.4. The highest BCUT2D eigenvalue weighted by atomic mass is 19.4. The topological polar surface area (TPSA) is 125 Å². The van der Waals surface area contributed by atoms with Gasteiger partial charge < -0.3 is 20.7 Å². The zero-order chi connectivity index (χ0) is 26.7. The molecule has 4 N–H and O–H groups in total. The normalized spacial score (nSPS) is 23.5. The number of halogens is 3. The van der Waals surface area contributed by atoms with Crippen LogP contribution in [0.3, 0.4) is 0 Å². The van der Waals surface area contributed by atoms with Gasteiger partial charge in [0.15, 0.2) is 5.96 Å². The van der Waals surface area contributed by atoms with E-state index in [0.717, 1.165) is 11.1 Å². The van der Waals surface area contributed by atoms with Gasteiger partial charge in [-0.1, -0.05) is 54.6 Å². The number of benzene rings is 2. The van der Waals surface area contributed by atoms with Crippen LogP contribution in [0, 0.1) is 0 Å². The number of nitrogens with two attached hydrogens (primary N) is 1. The Morgan fingerprint density at radius 1 is 1.17 bits per heavy atom. The number of ether oxygens (including phenoxy) is 1. The van der Waals surface area contributed by atoms with Crippen LogP contribution in [0.2, 0.25) is 0 Å². The minimum absolute atomic E-state index is 0.0443. The number of nitrogens with zero attached hydrogens (tertiary/aromatic N) is 2. The first kappa shape index (κ1) is 26.5. The Morgan fingerprint density at radius 2 is 1.81 bits per heavy atom. The van der Waals surface area contributed by atoms with E-state index in [1.807, 2.05) is 48.6 Å². The van der Waals surface area contributed by atoms with Crippen molar-refractivity contribution in [1.82, 2.24) is 4.90 Å². The molecule has 0 spiro atoms. The summed E-state index contributed by atoms with van der Waals surface area (Å²) in [5.41, 5.74) is 6.10. The fraction of sp³-hybridized carbons (Fsp3) is 0.240. The lowest BCUT2D eigenvalue weighted by Crippen LogP contribution is -2.57. The van der Waals surface area contributed by atoms with Crippen LogP contribution in [0.15, 0.2) is 77.8 Å². The van der Waals surface area contributed by atoms with Crippen molar-refractivity contribution >= 4 is 23.4 Å². The molecule has 0 fully saturated rings. The number of methoxy groups -OCH3 is 1. The number of guanidine groups is 1. The summed E-state index contributed by atoms with van der Waals surface area (Å²) in [6.07, 6.45) is 1.09. The van der Waals surface area contributed by atoms with E-state index in [4.69, 9.17) is 20.4 Å². The summed E-state index contributed by atoms with van der Waals surface area (Å²) in [5, 5.41) is 17.2. The van der Waals surface area contributed by atoms with Crippen LogP contribution in [-0.4, -0.2) is 58.9 Å². The first-order valence-electron chi connectivity index (χ1n) is 10.6. The summed E-state index contributed by atoms with van der Waals surface area (Å²) in [4.78, 5) is 28.4. The van der Waals surface area contributed by atoms with Crippen molar-refractivity contribution < 1.29 is 37.7 Å². The Bertz CT molecular complexity index is 1240. The highest BCUT2D eigenvalue weighted by Gasteiger charge is 2.62. The Balaban J connectivity index is 0.000000454. The van der Waals surface area contributed by atoms with Gasteiger partial charge in [0, 0.05) is 20.6 Å². The standard InChI is InChI=1S/C23H23N3O3.C2HF3O2/c1-26-20(28)23(25-21(26)24,18-11-6-12-19(27)14-18)22(29-2)13-7-10-17(15-22)16-8-4-3-5-9-16;3-2(4,5)1(6)7/h3-14,27H,15H2,1-2H3,(H2,24,25);(H,6,7). The molecule has 2 atom stereocenters. The summed E-state index contributed by atoms with van der Waals surface area (Å²) >= 11 is 0. The number of aliphatic carboxylic acids is 1. The molecular formula is C25H24F3N3O5. The van der Waals surface area contributed by atoms with Crippen LogP contribution in [0.5, 0.6) is 5.75 Å². The van der Waals surface area contributed by atoms with Gasteiger partial charge in [-0.3, -0.25) is 9.69 Å². The highest BCUT2D eigenvalue weighted by Crippen LogP contribution is 2.50. The number of aromatic hydroxyl groups is 1. The van der Waals surface area contributed by atoms with Gasteiger partial charge in [-0.25, -0.2) is 9.79 Å². The number of carbonyl (C=O) groups is 2. The lowest BCUT2D eigenvalue weighted by molar-refractivity contribution is -0.192. The fourth-order valence-electron chi connectivity index (χ4n) is 4.19. The number of carboxylic acid groups (broad SMARTS) is 1. The third-order valence-electron chi connectivity index (χ3n) is 5.98. The first-order chi connectivity index (χ1) is 16.9. The minimum Gasteiger partial charge on any atom is -0.508 e. The van der Waals surface area contributed by atoms with E-state index < -0.39 is 23.3 Å². The number of carbonyl (C=O) groups excluding carboxylic acids is 1. The molecule has 2 aliphatic rings. The summed E-state index contributed by atoms with van der Waals surface area (Å²) in [6, 6.07) is 16.5. The van der Waals surface area contributed by atoms with Gasteiger partial charge in [0.1, 0.15) is 11.4 Å². The number of amides is 1. The molecule has 1 aliphatic heterocycles. The molecule has 11 heteroatoms. The van der Waals surface area contributed by atoms with E-state index in [1.165, 1.54) is 4.90 Å². The third kappa shape index (κ3) is 4.69. The van der Waals surface area contributed by atoms with Crippen molar-refractivity contribution in [2.24, 2.45) is 10.7 Å². The van der Waals surface area contributed by atoms with Gasteiger partial charge in [0.25, 0.3) is 5.91 Å². The molecule has 1 heterocycles. The van der Waals surface area contributed by atoms with Crippen LogP contribution in [0.1, 0.15) is 17.5 Å². The van der Waals surface area contributed by atoms with Crippen molar-refractivity contribution in [2.45, 2.75) is 23.7 Å². The van der Waals surface area contributed by atoms with Crippen LogP contribution in [-0.2, 0) is 19.9 Å². The monoisotopic (exact) mass is 503 g/mol. The summed E-state index contributed by atoms with van der Waals surface area (Å²) < 4.78 is 37.8. The number of allylic oxidation sites excluding steroid dienone is 2. The van der Waals surface area contributed by atoms with E-state index in [-0.39, 0.29) is 17.6 Å². The molecule has 1 aliphatic carbocycles. The number of alkyl halides is 3. The minimum atomic E-state index is -5.08. The Hall–Kier alpha value is -4.12. The van der Waals surface area contributed by atoms with E-state index >= 15 is 0 Å². The van der Waals surface area contributed by atoms with Gasteiger partial charge >= 0.3 is 12.1 Å². The largest absolute Gasteiger partial charge is 0.508 e. The van der Waals surface area contributed by atoms with E-state index in [9.17, 15) is 23.1 Å². The summed E-state index contributed by atoms with van der Waals surface area (Å²) in [5.74, 6) is -2.91. The number of hydrogen-bond acceptors (Lipinski definition) is 6. The molecule has 0 radical (unpaired) electrons. The van der Waals surface area contributed by atoms with E-state index in [1.54, 1.807) is 38.4 Å². The smallest absolute Gasteiger partial charge is 0.490 e. The molecule has 2 aromatic rings. The maximum Gasteiger partial charge on any atom is 0.490 e. The SMILES string of the molecule is COC1(C2(c3cccc(O)c3)N=C(N)N(C)C2=O)C=CC=C(c2ccccc2)C1.O=C(O)C(F)(F)F. The second kappa shape index (κ2) is 9.86. The van der Waals surface area contributed by atoms with Crippen molar-refractivity contribution in [2.75, 3.05) is 14.2 Å². The number of phenolic OH excluding ortho intramolecular Hbond substituents is 1. The Labute approximate surface area is 204 Å². The third-order valence-corrected chi connectivity index (χ3v) is 5.98. The number of carboxylic acids is 1. The van der Waals surface area contributed by atoms with Crippen molar-refractivity contribution in [3.63, 3.8) is 0 Å². The second-order valence-corrected chi connectivity index (χ2v) is 8.09. The van der Waals surface area contributed by atoms with Crippen LogP contribution >= 0.6 is 0 Å². The van der Waals surface area contributed by atoms with Crippen LogP contribution in [0.25, 0.3) is 5.57 Å². The predicted octanol–water partition coefficient (Wildman–Crippen LogP) is 3.44. The van der Waals surface area contributed by atoms with E-state index in [0.29, 0.717) is 12.0 Å².